The number of unbranched alkanes of at least 4 members (excludes halogenated alkanes) is 1. The molecule has 19 heavy (non-hydrogen) atoms. The summed E-state index contributed by atoms with van der Waals surface area (Å²) >= 11 is 0. The minimum absolute atomic E-state index is 0.0744. The summed E-state index contributed by atoms with van der Waals surface area (Å²) in [4.78, 5) is 23.6. The minimum Gasteiger partial charge on any atom is -0.348 e. The van der Waals surface area contributed by atoms with Gasteiger partial charge in [0, 0.05) is 18.7 Å². The Labute approximate surface area is 114 Å². The van der Waals surface area contributed by atoms with Gasteiger partial charge in [0.15, 0.2) is 0 Å². The van der Waals surface area contributed by atoms with E-state index in [2.05, 4.69) is 10.4 Å². The van der Waals surface area contributed by atoms with Gasteiger partial charge in [0.25, 0.3) is 11.5 Å². The van der Waals surface area contributed by atoms with Crippen LogP contribution in [0.2, 0.25) is 0 Å². The highest BCUT2D eigenvalue weighted by Gasteiger charge is 2.14. The maximum absolute atomic E-state index is 12.0. The molecule has 0 aliphatic rings. The molecule has 5 heteroatoms. The highest BCUT2D eigenvalue weighted by atomic mass is 16.2. The number of nitrogens with zero attached hydrogens (tertiary/aromatic N) is 2. The zero-order valence-corrected chi connectivity index (χ0v) is 12.1. The van der Waals surface area contributed by atoms with Gasteiger partial charge in [-0.15, -0.1) is 0 Å². The van der Waals surface area contributed by atoms with Crippen LogP contribution in [0.1, 0.15) is 51.0 Å². The Kier molecular flexibility index (Phi) is 5.73. The van der Waals surface area contributed by atoms with Gasteiger partial charge in [-0.3, -0.25) is 9.59 Å². The van der Waals surface area contributed by atoms with Crippen LogP contribution in [-0.4, -0.2) is 21.7 Å². The van der Waals surface area contributed by atoms with Crippen molar-refractivity contribution >= 4 is 5.91 Å². The van der Waals surface area contributed by atoms with Gasteiger partial charge in [-0.05, 0) is 25.3 Å². The van der Waals surface area contributed by atoms with Gasteiger partial charge in [0.05, 0.1) is 0 Å². The SMILES string of the molecule is CCCCn1nc(C(=O)NC(C)C(C)C)ccc1=O. The Hall–Kier alpha value is -1.65. The maximum atomic E-state index is 12.0. The summed E-state index contributed by atoms with van der Waals surface area (Å²) in [5, 5.41) is 7.00. The van der Waals surface area contributed by atoms with Crippen molar-refractivity contribution in [3.05, 3.63) is 28.2 Å². The lowest BCUT2D eigenvalue weighted by Crippen LogP contribution is -2.37. The second kappa shape index (κ2) is 7.07. The van der Waals surface area contributed by atoms with Crippen molar-refractivity contribution < 1.29 is 4.79 Å². The molecular formula is C14H23N3O2. The Morgan fingerprint density at radius 3 is 2.63 bits per heavy atom. The number of hydrogen-bond donors (Lipinski definition) is 1. The molecule has 0 aromatic carbocycles. The number of amides is 1. The number of rotatable bonds is 6. The van der Waals surface area contributed by atoms with Gasteiger partial charge in [-0.1, -0.05) is 27.2 Å². The van der Waals surface area contributed by atoms with Crippen molar-refractivity contribution in [1.29, 1.82) is 0 Å². The summed E-state index contributed by atoms with van der Waals surface area (Å²) in [6.45, 7) is 8.64. The molecule has 1 unspecified atom stereocenters. The van der Waals surface area contributed by atoms with Crippen LogP contribution in [-0.2, 0) is 6.54 Å². The summed E-state index contributed by atoms with van der Waals surface area (Å²) in [7, 11) is 0. The molecule has 0 bridgehead atoms. The minimum atomic E-state index is -0.230. The number of nitrogens with one attached hydrogen (secondary N) is 1. The van der Waals surface area contributed by atoms with Gasteiger partial charge in [0.2, 0.25) is 0 Å². The van der Waals surface area contributed by atoms with E-state index < -0.39 is 0 Å². The van der Waals surface area contributed by atoms with Gasteiger partial charge in [-0.2, -0.15) is 5.10 Å². The number of aryl methyl sites for hydroxylation is 1. The van der Waals surface area contributed by atoms with E-state index in [9.17, 15) is 9.59 Å². The second-order valence-electron chi connectivity index (χ2n) is 5.14. The van der Waals surface area contributed by atoms with Crippen molar-refractivity contribution in [2.24, 2.45) is 5.92 Å². The van der Waals surface area contributed by atoms with E-state index in [0.717, 1.165) is 12.8 Å². The van der Waals surface area contributed by atoms with E-state index in [1.807, 2.05) is 27.7 Å². The topological polar surface area (TPSA) is 64.0 Å². The molecule has 0 spiro atoms. The second-order valence-corrected chi connectivity index (χ2v) is 5.14. The van der Waals surface area contributed by atoms with Gasteiger partial charge in [-0.25, -0.2) is 4.68 Å². The number of carbonyl (C=O) groups excluding carboxylic acids is 1. The molecule has 0 fully saturated rings. The summed E-state index contributed by atoms with van der Waals surface area (Å²) in [5.74, 6) is 0.126. The monoisotopic (exact) mass is 265 g/mol. The van der Waals surface area contributed by atoms with Crippen molar-refractivity contribution in [3.63, 3.8) is 0 Å². The lowest BCUT2D eigenvalue weighted by molar-refractivity contribution is 0.0922. The van der Waals surface area contributed by atoms with Crippen LogP contribution in [0.4, 0.5) is 0 Å². The quantitative estimate of drug-likeness (QED) is 0.853. The Morgan fingerprint density at radius 1 is 1.37 bits per heavy atom. The highest BCUT2D eigenvalue weighted by Crippen LogP contribution is 2.01. The third kappa shape index (κ3) is 4.50. The molecule has 0 aliphatic carbocycles. The van der Waals surface area contributed by atoms with E-state index in [0.29, 0.717) is 18.2 Å². The van der Waals surface area contributed by atoms with E-state index in [-0.39, 0.29) is 17.5 Å². The van der Waals surface area contributed by atoms with E-state index in [1.54, 1.807) is 0 Å². The molecule has 1 rings (SSSR count). The molecule has 106 valence electrons. The average molecular weight is 265 g/mol. The molecule has 1 heterocycles. The number of hydrogen-bond acceptors (Lipinski definition) is 3. The highest BCUT2D eigenvalue weighted by molar-refractivity contribution is 5.92. The lowest BCUT2D eigenvalue weighted by Gasteiger charge is -2.17. The zero-order chi connectivity index (χ0) is 14.4. The molecule has 0 radical (unpaired) electrons. The molecule has 0 aliphatic heterocycles. The van der Waals surface area contributed by atoms with Crippen LogP contribution in [0.3, 0.4) is 0 Å². The smallest absolute Gasteiger partial charge is 0.271 e. The summed E-state index contributed by atoms with van der Waals surface area (Å²) in [6, 6.07) is 2.95. The predicted octanol–water partition coefficient (Wildman–Crippen LogP) is 1.82. The van der Waals surface area contributed by atoms with Crippen LogP contribution >= 0.6 is 0 Å². The molecule has 1 N–H and O–H groups in total. The summed E-state index contributed by atoms with van der Waals surface area (Å²) in [6.07, 6.45) is 1.86. The van der Waals surface area contributed by atoms with Crippen molar-refractivity contribution in [2.45, 2.75) is 53.1 Å². The zero-order valence-electron chi connectivity index (χ0n) is 12.1. The largest absolute Gasteiger partial charge is 0.348 e. The van der Waals surface area contributed by atoms with Gasteiger partial charge < -0.3 is 5.32 Å². The van der Waals surface area contributed by atoms with Gasteiger partial charge in [0.1, 0.15) is 5.69 Å². The number of carbonyl (C=O) groups is 1. The first-order valence-corrected chi connectivity index (χ1v) is 6.84. The van der Waals surface area contributed by atoms with Crippen LogP contribution in [0, 0.1) is 5.92 Å². The van der Waals surface area contributed by atoms with Crippen LogP contribution in [0.25, 0.3) is 0 Å². The maximum Gasteiger partial charge on any atom is 0.271 e. The molecule has 0 saturated heterocycles. The third-order valence-electron chi connectivity index (χ3n) is 3.18. The van der Waals surface area contributed by atoms with Crippen molar-refractivity contribution in [2.75, 3.05) is 0 Å². The van der Waals surface area contributed by atoms with E-state index in [1.165, 1.54) is 16.8 Å². The lowest BCUT2D eigenvalue weighted by atomic mass is 10.1. The van der Waals surface area contributed by atoms with E-state index >= 15 is 0 Å². The third-order valence-corrected chi connectivity index (χ3v) is 3.18. The number of aromatic nitrogens is 2. The first kappa shape index (κ1) is 15.4. The fourth-order valence-electron chi connectivity index (χ4n) is 1.49. The van der Waals surface area contributed by atoms with Crippen molar-refractivity contribution in [3.8, 4) is 0 Å². The fourth-order valence-corrected chi connectivity index (χ4v) is 1.49. The van der Waals surface area contributed by atoms with E-state index in [4.69, 9.17) is 0 Å². The normalized spacial score (nSPS) is 12.5. The summed E-state index contributed by atoms with van der Waals surface area (Å²) < 4.78 is 1.36. The molecule has 1 aromatic heterocycles. The molecule has 5 nitrogen and oxygen atoms in total. The standard InChI is InChI=1S/C14H23N3O2/c1-5-6-9-17-13(18)8-7-12(16-17)14(19)15-11(4)10(2)3/h7-8,10-11H,5-6,9H2,1-4H3,(H,15,19). The summed E-state index contributed by atoms with van der Waals surface area (Å²) in [5.41, 5.74) is 0.130. The van der Waals surface area contributed by atoms with Crippen molar-refractivity contribution in [1.82, 2.24) is 15.1 Å². The molecule has 1 amide bonds. The van der Waals surface area contributed by atoms with Crippen LogP contribution in [0.5, 0.6) is 0 Å². The Balaban J connectivity index is 2.83. The molecule has 0 saturated carbocycles. The Bertz CT molecular complexity index is 480. The van der Waals surface area contributed by atoms with Crippen LogP contribution in [0.15, 0.2) is 16.9 Å². The van der Waals surface area contributed by atoms with Gasteiger partial charge >= 0.3 is 0 Å². The Morgan fingerprint density at radius 2 is 2.05 bits per heavy atom. The first-order valence-electron chi connectivity index (χ1n) is 6.84. The average Bonchev–Trinajstić information content (AvgIpc) is 2.37. The predicted molar refractivity (Wildman–Crippen MR) is 75.2 cm³/mol. The first-order chi connectivity index (χ1) is 8.95. The fraction of sp³-hybridized carbons (Fsp3) is 0.643. The molecule has 1 aromatic rings. The van der Waals surface area contributed by atoms with Crippen LogP contribution < -0.4 is 10.9 Å². The molecule has 1 atom stereocenters. The molecular weight excluding hydrogens is 242 g/mol.